The van der Waals surface area contributed by atoms with Crippen LogP contribution in [0.3, 0.4) is 0 Å². The number of morpholine rings is 1. The van der Waals surface area contributed by atoms with Gasteiger partial charge in [-0.15, -0.1) is 0 Å². The molecule has 0 saturated carbocycles. The normalized spacial score (nSPS) is 16.6. The van der Waals surface area contributed by atoms with E-state index in [1.165, 1.54) is 68.7 Å². The van der Waals surface area contributed by atoms with Crippen LogP contribution in [0.1, 0.15) is 45.1 Å². The second kappa shape index (κ2) is 39.8. The number of rotatable bonds is 23. The molecular formula is C84H109Cl3N19O9P3S. The SMILES string of the molecule is COc1cc(N2CCC(N3CCN(C)CC3)CC2)ccc1Nc1ncc(Cl)c(Nc2ccccc2P(C)(C)=O)n1.COc1cc(P2(=O)CCN(C(=O)N(C)C)CC2)ccc1Nc1ncc(Cl)c(Nc2ccccc2S(=O)(=O)C(C)C)n1.Cc1cc(N2CCC(N3CCOCC3)CC2)ccc1Nc1ncc(Cl)c(Nc2ccccc2P(C)(C)=O)n1. The minimum Gasteiger partial charge on any atom is -0.495 e. The summed E-state index contributed by atoms with van der Waals surface area (Å²) in [6.45, 7) is 25.9. The lowest BCUT2D eigenvalue weighted by Gasteiger charge is -2.42. The number of carbonyl (C=O) groups is 1. The summed E-state index contributed by atoms with van der Waals surface area (Å²) in [5, 5.41) is 21.8. The number of hydrogen-bond donors (Lipinski definition) is 6. The number of amides is 2. The Morgan fingerprint density at radius 2 is 0.941 bits per heavy atom. The van der Waals surface area contributed by atoms with Gasteiger partial charge in [0.1, 0.15) is 48.0 Å². The summed E-state index contributed by atoms with van der Waals surface area (Å²) in [6, 6.07) is 40.8. The third kappa shape index (κ3) is 22.9. The summed E-state index contributed by atoms with van der Waals surface area (Å²) >= 11 is 19.2. The third-order valence-corrected chi connectivity index (χ3v) is 31.2. The van der Waals surface area contributed by atoms with Crippen molar-refractivity contribution >= 4 is 169 Å². The van der Waals surface area contributed by atoms with Gasteiger partial charge in [0.25, 0.3) is 0 Å². The summed E-state index contributed by atoms with van der Waals surface area (Å²) < 4.78 is 81.9. The Hall–Kier alpha value is -8.82. The van der Waals surface area contributed by atoms with E-state index in [0.717, 1.165) is 110 Å². The number of anilines is 14. The summed E-state index contributed by atoms with van der Waals surface area (Å²) in [6.07, 6.45) is 10.0. The molecule has 2 amide bonds. The molecule has 6 aromatic carbocycles. The minimum atomic E-state index is -3.56. The Balaban J connectivity index is 0.000000164. The monoisotopic (exact) mass is 1760 g/mol. The smallest absolute Gasteiger partial charge is 0.319 e. The highest BCUT2D eigenvalue weighted by molar-refractivity contribution is 7.92. The number of methoxy groups -OCH3 is 2. The minimum absolute atomic E-state index is 0.0877. The maximum absolute atomic E-state index is 13.8. The van der Waals surface area contributed by atoms with Gasteiger partial charge in [0, 0.05) is 156 Å². The molecule has 0 unspecified atom stereocenters. The number of para-hydroxylation sites is 3. The van der Waals surface area contributed by atoms with E-state index < -0.39 is 36.5 Å². The van der Waals surface area contributed by atoms with Crippen molar-refractivity contribution in [3.63, 3.8) is 0 Å². The molecular weight excluding hydrogens is 1650 g/mol. The number of urea groups is 1. The van der Waals surface area contributed by atoms with E-state index in [2.05, 4.69) is 131 Å². The summed E-state index contributed by atoms with van der Waals surface area (Å²) in [7, 11) is -2.48. The molecule has 14 rings (SSSR count). The lowest BCUT2D eigenvalue weighted by Crippen LogP contribution is -2.52. The molecule has 0 aliphatic carbocycles. The van der Waals surface area contributed by atoms with E-state index in [4.69, 9.17) is 49.0 Å². The molecule has 636 valence electrons. The number of nitrogens with one attached hydrogen (secondary N) is 6. The molecule has 0 atom stereocenters. The molecule has 119 heavy (non-hydrogen) atoms. The number of carbonyl (C=O) groups excluding carboxylic acids is 1. The number of benzene rings is 6. The average molecular weight is 1760 g/mol. The summed E-state index contributed by atoms with van der Waals surface area (Å²) in [5.74, 6) is 3.28. The number of aromatic nitrogens is 6. The number of piperazine rings is 1. The largest absolute Gasteiger partial charge is 0.495 e. The number of nitrogens with zero attached hydrogens (tertiary/aromatic N) is 13. The molecule has 28 nitrogen and oxygen atoms in total. The van der Waals surface area contributed by atoms with E-state index in [0.29, 0.717) is 99.2 Å². The van der Waals surface area contributed by atoms with Crippen molar-refractivity contribution < 1.29 is 41.1 Å². The van der Waals surface area contributed by atoms with Crippen molar-refractivity contribution in [2.24, 2.45) is 0 Å². The van der Waals surface area contributed by atoms with Crippen LogP contribution >= 0.6 is 56.2 Å². The van der Waals surface area contributed by atoms with E-state index in [1.807, 2.05) is 54.6 Å². The Bertz CT molecular complexity index is 5300. The first kappa shape index (κ1) is 89.4. The highest BCUT2D eigenvalue weighted by atomic mass is 35.5. The zero-order valence-corrected chi connectivity index (χ0v) is 75.4. The van der Waals surface area contributed by atoms with Crippen LogP contribution in [0.2, 0.25) is 15.1 Å². The molecule has 0 radical (unpaired) electrons. The Morgan fingerprint density at radius 1 is 0.529 bits per heavy atom. The van der Waals surface area contributed by atoms with E-state index in [1.54, 1.807) is 115 Å². The standard InChI is InChI=1S/C29H39ClN7O2P.C28H36ClN6O2P.C27H34ClN6O5PS/c1-35-15-17-37(18-16-35)21-11-13-36(14-12-21)22-9-10-24(26(19-22)39-2)33-29-31-20-23(30)28(34-29)32-25-7-5-6-8-27(25)40(3,4)38;1-20-18-22(34-12-10-21(11-13-34)35-14-16-37-17-15-35)8-9-24(20)32-28-30-19-23(29)27(33-28)31-25-6-4-5-7-26(25)38(2,3)36;1-18(2)41(37,38)24-9-7-6-8-22(24)30-25-20(28)17-29-26(32-25)31-21-11-10-19(16-23(21)39-5)40(36)14-12-34(13-15-40)27(35)33(3)4/h5-10,19-21H,11-18H2,1-4H3,(H2,31,32,33,34);4-9,18-19,21H,10-17H2,1-3H3,(H2,30,31,32,33);6-11,16-18H,12-15H2,1-5H3,(H2,29,30,31,32). The fraction of sp³-hybridized carbons (Fsp3) is 0.417. The van der Waals surface area contributed by atoms with Crippen LogP contribution in [0.4, 0.5) is 85.6 Å². The average Bonchev–Trinajstić information content (AvgIpc) is 0.787. The highest BCUT2D eigenvalue weighted by Gasteiger charge is 2.35. The number of likely N-dealkylation sites (N-methyl/N-ethyl adjacent to an activating group) is 1. The quantitative estimate of drug-likeness (QED) is 0.0324. The molecule has 8 heterocycles. The lowest BCUT2D eigenvalue weighted by atomic mass is 10.0. The van der Waals surface area contributed by atoms with Gasteiger partial charge >= 0.3 is 6.03 Å². The maximum Gasteiger partial charge on any atom is 0.319 e. The van der Waals surface area contributed by atoms with Crippen LogP contribution in [-0.4, -0.2) is 252 Å². The molecule has 3 aromatic heterocycles. The Labute approximate surface area is 714 Å². The fourth-order valence-corrected chi connectivity index (χ4v) is 21.6. The van der Waals surface area contributed by atoms with Gasteiger partial charge in [-0.2, -0.15) is 15.0 Å². The number of aryl methyl sites for hydroxylation is 1. The second-order valence-corrected chi connectivity index (χ2v) is 44.7. The maximum atomic E-state index is 13.8. The molecule has 5 aliphatic rings. The number of sulfone groups is 1. The molecule has 0 bridgehead atoms. The molecule has 35 heteroatoms. The first-order valence-electron chi connectivity index (χ1n) is 39.9. The zero-order valence-electron chi connectivity index (χ0n) is 69.6. The van der Waals surface area contributed by atoms with Crippen LogP contribution in [0.5, 0.6) is 11.5 Å². The zero-order chi connectivity index (χ0) is 84.9. The predicted octanol–water partition coefficient (Wildman–Crippen LogP) is 15.4. The Kier molecular flexibility index (Phi) is 29.9. The van der Waals surface area contributed by atoms with Gasteiger partial charge in [-0.1, -0.05) is 71.2 Å². The molecule has 0 spiro atoms. The van der Waals surface area contributed by atoms with Gasteiger partial charge in [-0.05, 0) is 171 Å². The number of piperidine rings is 2. The molecule has 5 fully saturated rings. The van der Waals surface area contributed by atoms with Crippen LogP contribution in [-0.2, 0) is 28.3 Å². The first-order chi connectivity index (χ1) is 56.8. The van der Waals surface area contributed by atoms with Gasteiger partial charge < -0.3 is 84.3 Å². The summed E-state index contributed by atoms with van der Waals surface area (Å²) in [4.78, 5) is 54.9. The van der Waals surface area contributed by atoms with Crippen molar-refractivity contribution in [3.8, 4) is 11.5 Å². The van der Waals surface area contributed by atoms with Gasteiger partial charge in [-0.25, -0.2) is 28.2 Å². The van der Waals surface area contributed by atoms with Gasteiger partial charge in [0.05, 0.1) is 84.6 Å². The molecule has 5 saturated heterocycles. The van der Waals surface area contributed by atoms with Crippen molar-refractivity contribution in [3.05, 3.63) is 167 Å². The van der Waals surface area contributed by atoms with E-state index >= 15 is 0 Å². The van der Waals surface area contributed by atoms with Crippen molar-refractivity contribution in [2.45, 2.75) is 68.7 Å². The van der Waals surface area contributed by atoms with Crippen molar-refractivity contribution in [1.29, 1.82) is 0 Å². The van der Waals surface area contributed by atoms with E-state index in [-0.39, 0.29) is 27.7 Å². The lowest BCUT2D eigenvalue weighted by molar-refractivity contribution is 0.0115. The van der Waals surface area contributed by atoms with Crippen LogP contribution < -0.4 is 67.1 Å². The third-order valence-electron chi connectivity index (χ3n) is 22.0. The molecule has 6 N–H and O–H groups in total. The molecule has 9 aromatic rings. The molecule has 5 aliphatic heterocycles. The summed E-state index contributed by atoms with van der Waals surface area (Å²) in [5.41, 5.74) is 7.54. The topological polar surface area (TPSA) is 302 Å². The number of ether oxygens (including phenoxy) is 3. The highest BCUT2D eigenvalue weighted by Crippen LogP contribution is 2.48. The van der Waals surface area contributed by atoms with Gasteiger partial charge in [-0.3, -0.25) is 9.80 Å². The predicted molar refractivity (Wildman–Crippen MR) is 487 cm³/mol. The fourth-order valence-electron chi connectivity index (χ4n) is 15.1. The van der Waals surface area contributed by atoms with E-state index in [9.17, 15) is 26.9 Å². The Morgan fingerprint density at radius 3 is 1.39 bits per heavy atom. The number of halogens is 3. The van der Waals surface area contributed by atoms with Crippen molar-refractivity contribution in [2.75, 3.05) is 208 Å². The van der Waals surface area contributed by atoms with Crippen LogP contribution in [0, 0.1) is 6.92 Å². The van der Waals surface area contributed by atoms with Crippen LogP contribution in [0.15, 0.2) is 151 Å². The number of hydrogen-bond acceptors (Lipinski definition) is 26. The van der Waals surface area contributed by atoms with Gasteiger partial charge in [0.15, 0.2) is 27.3 Å². The second-order valence-electron chi connectivity index (χ2n) is 31.4. The first-order valence-corrected chi connectivity index (χ1v) is 49.9. The van der Waals surface area contributed by atoms with Crippen LogP contribution in [0.25, 0.3) is 0 Å². The van der Waals surface area contributed by atoms with Gasteiger partial charge in [0.2, 0.25) is 17.8 Å². The van der Waals surface area contributed by atoms with Crippen molar-refractivity contribution in [1.82, 2.24) is 54.4 Å².